The number of hydrogen-bond donors (Lipinski definition) is 0. The second-order valence-corrected chi connectivity index (χ2v) is 6.67. The van der Waals surface area contributed by atoms with Crippen molar-refractivity contribution in [2.24, 2.45) is 0 Å². The van der Waals surface area contributed by atoms with Crippen LogP contribution in [0.1, 0.15) is 27.5 Å². The molecule has 0 N–H and O–H groups in total. The largest absolute Gasteiger partial charge is 0.465 e. The van der Waals surface area contributed by atoms with Crippen LogP contribution in [-0.2, 0) is 9.53 Å². The summed E-state index contributed by atoms with van der Waals surface area (Å²) in [6.07, 6.45) is 3.39. The minimum atomic E-state index is -0.371. The minimum Gasteiger partial charge on any atom is -0.465 e. The molecule has 1 saturated heterocycles. The molecule has 0 aromatic heterocycles. The van der Waals surface area contributed by atoms with Gasteiger partial charge in [-0.3, -0.25) is 4.79 Å². The Hall–Kier alpha value is -2.92. The summed E-state index contributed by atoms with van der Waals surface area (Å²) >= 11 is 0. The van der Waals surface area contributed by atoms with Crippen LogP contribution < -0.4 is 0 Å². The number of carbonyl (C=O) groups is 2. The molecule has 1 atom stereocenters. The average Bonchev–Trinajstić information content (AvgIpc) is 2.72. The molecule has 27 heavy (non-hydrogen) atoms. The van der Waals surface area contributed by atoms with Crippen molar-refractivity contribution in [1.82, 2.24) is 9.80 Å². The van der Waals surface area contributed by atoms with Gasteiger partial charge in [-0.1, -0.05) is 42.5 Å². The zero-order chi connectivity index (χ0) is 19.2. The lowest BCUT2D eigenvalue weighted by molar-refractivity contribution is -0.130. The van der Waals surface area contributed by atoms with Crippen LogP contribution in [0.15, 0.2) is 60.7 Å². The maximum atomic E-state index is 12.8. The first-order valence-electron chi connectivity index (χ1n) is 8.99. The maximum absolute atomic E-state index is 12.8. The lowest BCUT2D eigenvalue weighted by Gasteiger charge is -2.39. The van der Waals surface area contributed by atoms with Crippen LogP contribution in [0.4, 0.5) is 0 Å². The SMILES string of the molecule is COC(=O)c1ccc(C=CC(=O)N2CCN(C)CC2c2ccccc2)cc1. The summed E-state index contributed by atoms with van der Waals surface area (Å²) in [5.41, 5.74) is 2.50. The Morgan fingerprint density at radius 3 is 2.41 bits per heavy atom. The van der Waals surface area contributed by atoms with E-state index in [-0.39, 0.29) is 17.9 Å². The maximum Gasteiger partial charge on any atom is 0.337 e. The van der Waals surface area contributed by atoms with E-state index in [1.807, 2.05) is 23.1 Å². The third-order valence-corrected chi connectivity index (χ3v) is 4.80. The number of hydrogen-bond acceptors (Lipinski definition) is 4. The van der Waals surface area contributed by atoms with Gasteiger partial charge in [0.15, 0.2) is 0 Å². The number of esters is 1. The monoisotopic (exact) mass is 364 g/mol. The number of amides is 1. The van der Waals surface area contributed by atoms with Crippen molar-refractivity contribution in [2.75, 3.05) is 33.8 Å². The van der Waals surface area contributed by atoms with Gasteiger partial charge in [0.25, 0.3) is 0 Å². The molecule has 3 rings (SSSR count). The van der Waals surface area contributed by atoms with E-state index < -0.39 is 0 Å². The van der Waals surface area contributed by atoms with Crippen molar-refractivity contribution in [3.8, 4) is 0 Å². The lowest BCUT2D eigenvalue weighted by atomic mass is 10.0. The number of carbonyl (C=O) groups excluding carboxylic acids is 2. The Morgan fingerprint density at radius 2 is 1.74 bits per heavy atom. The Bertz CT molecular complexity index is 815. The van der Waals surface area contributed by atoms with Gasteiger partial charge in [0.05, 0.1) is 18.7 Å². The Morgan fingerprint density at radius 1 is 1.04 bits per heavy atom. The molecular formula is C22H24N2O3. The molecule has 2 aromatic carbocycles. The quantitative estimate of drug-likeness (QED) is 0.618. The standard InChI is InChI=1S/C22H24N2O3/c1-23-14-15-24(20(16-23)18-6-4-3-5-7-18)21(25)13-10-17-8-11-19(12-9-17)22(26)27-2/h3-13,20H,14-16H2,1-2H3. The molecule has 5 nitrogen and oxygen atoms in total. The predicted molar refractivity (Wildman–Crippen MR) is 105 cm³/mol. The number of likely N-dealkylation sites (N-methyl/N-ethyl adjacent to an activating group) is 1. The predicted octanol–water partition coefficient (Wildman–Crippen LogP) is 3.00. The van der Waals surface area contributed by atoms with Gasteiger partial charge in [-0.05, 0) is 36.4 Å². The van der Waals surface area contributed by atoms with E-state index in [4.69, 9.17) is 4.74 Å². The summed E-state index contributed by atoms with van der Waals surface area (Å²) in [4.78, 5) is 28.5. The fourth-order valence-corrected chi connectivity index (χ4v) is 3.26. The zero-order valence-corrected chi connectivity index (χ0v) is 15.7. The summed E-state index contributed by atoms with van der Waals surface area (Å²) in [6, 6.07) is 17.2. The van der Waals surface area contributed by atoms with Crippen molar-refractivity contribution in [3.05, 3.63) is 77.4 Å². The van der Waals surface area contributed by atoms with E-state index in [2.05, 4.69) is 24.1 Å². The number of ether oxygens (including phenoxy) is 1. The third kappa shape index (κ3) is 4.63. The molecule has 0 radical (unpaired) electrons. The first-order chi connectivity index (χ1) is 13.1. The van der Waals surface area contributed by atoms with Gasteiger partial charge < -0.3 is 14.5 Å². The van der Waals surface area contributed by atoms with Crippen LogP contribution in [-0.4, -0.2) is 55.5 Å². The summed E-state index contributed by atoms with van der Waals surface area (Å²) < 4.78 is 4.69. The van der Waals surface area contributed by atoms with E-state index in [1.54, 1.807) is 36.4 Å². The minimum absolute atomic E-state index is 0.00556. The van der Waals surface area contributed by atoms with Crippen LogP contribution in [0.5, 0.6) is 0 Å². The fourth-order valence-electron chi connectivity index (χ4n) is 3.26. The van der Waals surface area contributed by atoms with Crippen LogP contribution in [0.3, 0.4) is 0 Å². The highest BCUT2D eigenvalue weighted by atomic mass is 16.5. The smallest absolute Gasteiger partial charge is 0.337 e. The molecule has 1 heterocycles. The van der Waals surface area contributed by atoms with Crippen LogP contribution in [0, 0.1) is 0 Å². The summed E-state index contributed by atoms with van der Waals surface area (Å²) in [5, 5.41) is 0. The molecule has 0 spiro atoms. The molecule has 2 aromatic rings. The molecule has 0 saturated carbocycles. The highest BCUT2D eigenvalue weighted by molar-refractivity contribution is 5.93. The van der Waals surface area contributed by atoms with Gasteiger partial charge in [-0.25, -0.2) is 4.79 Å². The van der Waals surface area contributed by atoms with Crippen molar-refractivity contribution in [2.45, 2.75) is 6.04 Å². The Balaban J connectivity index is 1.73. The number of piperazine rings is 1. The first-order valence-corrected chi connectivity index (χ1v) is 8.99. The van der Waals surface area contributed by atoms with Crippen molar-refractivity contribution in [1.29, 1.82) is 0 Å². The summed E-state index contributed by atoms with van der Waals surface area (Å²) in [6.45, 7) is 2.37. The lowest BCUT2D eigenvalue weighted by Crippen LogP contribution is -2.48. The van der Waals surface area contributed by atoms with Crippen LogP contribution in [0.2, 0.25) is 0 Å². The first kappa shape index (κ1) is 18.9. The summed E-state index contributed by atoms with van der Waals surface area (Å²) in [7, 11) is 3.43. The zero-order valence-electron chi connectivity index (χ0n) is 15.7. The van der Waals surface area contributed by atoms with Crippen molar-refractivity contribution < 1.29 is 14.3 Å². The Labute approximate surface area is 159 Å². The number of methoxy groups -OCH3 is 1. The second kappa shape index (κ2) is 8.64. The van der Waals surface area contributed by atoms with E-state index in [0.717, 1.165) is 24.2 Å². The van der Waals surface area contributed by atoms with E-state index in [9.17, 15) is 9.59 Å². The normalized spacial score (nSPS) is 17.9. The molecule has 1 aliphatic heterocycles. The van der Waals surface area contributed by atoms with Crippen molar-refractivity contribution >= 4 is 18.0 Å². The average molecular weight is 364 g/mol. The highest BCUT2D eigenvalue weighted by Gasteiger charge is 2.28. The van der Waals surface area contributed by atoms with Gasteiger partial charge in [-0.15, -0.1) is 0 Å². The molecule has 140 valence electrons. The van der Waals surface area contributed by atoms with Gasteiger partial charge in [0, 0.05) is 25.7 Å². The third-order valence-electron chi connectivity index (χ3n) is 4.80. The molecule has 1 amide bonds. The van der Waals surface area contributed by atoms with Crippen molar-refractivity contribution in [3.63, 3.8) is 0 Å². The number of rotatable bonds is 4. The van der Waals surface area contributed by atoms with Gasteiger partial charge in [0.1, 0.15) is 0 Å². The Kier molecular flexibility index (Phi) is 6.04. The van der Waals surface area contributed by atoms with Gasteiger partial charge in [0.2, 0.25) is 5.91 Å². The van der Waals surface area contributed by atoms with Crippen LogP contribution in [0.25, 0.3) is 6.08 Å². The van der Waals surface area contributed by atoms with Gasteiger partial charge in [-0.2, -0.15) is 0 Å². The molecule has 0 aliphatic carbocycles. The van der Waals surface area contributed by atoms with E-state index in [1.165, 1.54) is 7.11 Å². The molecule has 1 unspecified atom stereocenters. The topological polar surface area (TPSA) is 49.9 Å². The van der Waals surface area contributed by atoms with Gasteiger partial charge >= 0.3 is 5.97 Å². The number of benzene rings is 2. The highest BCUT2D eigenvalue weighted by Crippen LogP contribution is 2.25. The number of nitrogens with zero attached hydrogens (tertiary/aromatic N) is 2. The molecule has 1 fully saturated rings. The molecule has 0 bridgehead atoms. The van der Waals surface area contributed by atoms with Crippen LogP contribution >= 0.6 is 0 Å². The van der Waals surface area contributed by atoms with E-state index in [0.29, 0.717) is 12.1 Å². The molecule has 1 aliphatic rings. The molecular weight excluding hydrogens is 340 g/mol. The molecule has 5 heteroatoms. The second-order valence-electron chi connectivity index (χ2n) is 6.67. The van der Waals surface area contributed by atoms with E-state index >= 15 is 0 Å². The summed E-state index contributed by atoms with van der Waals surface area (Å²) in [5.74, 6) is -0.376. The fraction of sp³-hybridized carbons (Fsp3) is 0.273.